The Labute approximate surface area is 84.6 Å². The molecule has 0 unspecified atom stereocenters. The van der Waals surface area contributed by atoms with Crippen LogP contribution in [0.5, 0.6) is 0 Å². The minimum atomic E-state index is -3.73. The van der Waals surface area contributed by atoms with Gasteiger partial charge >= 0.3 is 5.38 Å². The first-order valence-corrected chi connectivity index (χ1v) is 6.36. The van der Waals surface area contributed by atoms with Gasteiger partial charge < -0.3 is 0 Å². The summed E-state index contributed by atoms with van der Waals surface area (Å²) in [7, 11) is 1.37. The Morgan fingerprint density at radius 2 is 1.85 bits per heavy atom. The van der Waals surface area contributed by atoms with E-state index in [-0.39, 0.29) is 6.42 Å². The lowest BCUT2D eigenvalue weighted by Crippen LogP contribution is -2.21. The Morgan fingerprint density at radius 1 is 1.38 bits per heavy atom. The summed E-state index contributed by atoms with van der Waals surface area (Å²) >= 11 is 4.65. The highest BCUT2D eigenvalue weighted by molar-refractivity contribution is 8.15. The molecule has 0 saturated heterocycles. The van der Waals surface area contributed by atoms with Gasteiger partial charge in [-0.2, -0.15) is 8.78 Å². The number of hydrogen-bond acceptors (Lipinski definition) is 2. The van der Waals surface area contributed by atoms with Crippen molar-refractivity contribution in [3.8, 4) is 0 Å². The summed E-state index contributed by atoms with van der Waals surface area (Å²) in [6, 6.07) is 0. The average molecular weight is 253 g/mol. The molecule has 1 aliphatic carbocycles. The Balaban J connectivity index is 2.56. The van der Waals surface area contributed by atoms with Crippen molar-refractivity contribution in [2.24, 2.45) is 0 Å². The predicted octanol–water partition coefficient (Wildman–Crippen LogP) is 2.70. The quantitative estimate of drug-likeness (QED) is 0.570. The van der Waals surface area contributed by atoms with E-state index in [1.807, 2.05) is 0 Å². The van der Waals surface area contributed by atoms with Crippen molar-refractivity contribution >= 4 is 31.3 Å². The lowest BCUT2D eigenvalue weighted by Gasteiger charge is -2.13. The van der Waals surface area contributed by atoms with Crippen LogP contribution in [0.15, 0.2) is 0 Å². The number of alkyl halides is 3. The van der Waals surface area contributed by atoms with Gasteiger partial charge in [-0.15, -0.1) is 0 Å². The van der Waals surface area contributed by atoms with Crippen molar-refractivity contribution < 1.29 is 17.2 Å². The lowest BCUT2D eigenvalue weighted by molar-refractivity contribution is 0.0827. The molecule has 2 nitrogen and oxygen atoms in total. The molecule has 1 aliphatic rings. The van der Waals surface area contributed by atoms with E-state index in [2.05, 4.69) is 11.6 Å². The molecule has 0 atom stereocenters. The van der Waals surface area contributed by atoms with Crippen molar-refractivity contribution in [1.82, 2.24) is 0 Å². The third-order valence-corrected chi connectivity index (χ3v) is 5.01. The minimum absolute atomic E-state index is 0.171. The first-order valence-electron chi connectivity index (χ1n) is 3.67. The molecule has 0 amide bonds. The first kappa shape index (κ1) is 11.5. The van der Waals surface area contributed by atoms with Crippen LogP contribution >= 0.6 is 22.3 Å². The van der Waals surface area contributed by atoms with Gasteiger partial charge in [0.05, 0.1) is 4.75 Å². The number of halogens is 4. The van der Waals surface area contributed by atoms with E-state index in [0.29, 0.717) is 12.8 Å². The minimum Gasteiger partial charge on any atom is -0.212 e. The normalized spacial score (nSPS) is 21.5. The highest BCUT2D eigenvalue weighted by Gasteiger charge is 2.54. The fourth-order valence-electron chi connectivity index (χ4n) is 1.12. The molecule has 0 bridgehead atoms. The molecule has 13 heavy (non-hydrogen) atoms. The highest BCUT2D eigenvalue weighted by atomic mass is 35.7. The van der Waals surface area contributed by atoms with Gasteiger partial charge in [-0.25, -0.2) is 8.42 Å². The maximum Gasteiger partial charge on any atom is 0.321 e. The molecule has 0 N–H and O–H groups in total. The van der Waals surface area contributed by atoms with Crippen LogP contribution in [0.25, 0.3) is 0 Å². The van der Waals surface area contributed by atoms with Gasteiger partial charge in [0.2, 0.25) is 9.05 Å². The van der Waals surface area contributed by atoms with E-state index in [0.717, 1.165) is 0 Å². The smallest absolute Gasteiger partial charge is 0.212 e. The Kier molecular flexibility index (Phi) is 2.83. The molecule has 1 saturated carbocycles. The van der Waals surface area contributed by atoms with Crippen LogP contribution in [-0.4, -0.2) is 18.5 Å². The molecule has 0 aromatic heterocycles. The van der Waals surface area contributed by atoms with Crippen molar-refractivity contribution in [2.45, 2.75) is 35.8 Å². The summed E-state index contributed by atoms with van der Waals surface area (Å²) in [6.45, 7) is 0. The molecular weight excluding hydrogens is 245 g/mol. The van der Waals surface area contributed by atoms with Crippen LogP contribution in [0, 0.1) is 0 Å². The molecule has 0 spiro atoms. The fraction of sp³-hybridized carbons (Fsp3) is 1.00. The second-order valence-electron chi connectivity index (χ2n) is 3.24. The summed E-state index contributed by atoms with van der Waals surface area (Å²) in [5.41, 5.74) is 0. The molecule has 1 fully saturated rings. The van der Waals surface area contributed by atoms with Gasteiger partial charge in [0.15, 0.2) is 0 Å². The first-order chi connectivity index (χ1) is 5.66. The van der Waals surface area contributed by atoms with E-state index in [9.17, 15) is 17.2 Å². The summed E-state index contributed by atoms with van der Waals surface area (Å²) in [5, 5.41) is -3.34. The molecule has 0 radical (unpaired) electrons. The summed E-state index contributed by atoms with van der Waals surface area (Å²) in [4.78, 5) is 0. The van der Waals surface area contributed by atoms with E-state index < -0.39 is 25.6 Å². The van der Waals surface area contributed by atoms with Crippen molar-refractivity contribution in [2.75, 3.05) is 0 Å². The van der Waals surface area contributed by atoms with E-state index >= 15 is 0 Å². The predicted molar refractivity (Wildman–Crippen MR) is 46.8 cm³/mol. The average Bonchev–Trinajstić information content (AvgIpc) is 2.58. The summed E-state index contributed by atoms with van der Waals surface area (Å²) in [5.74, 6) is 0. The van der Waals surface area contributed by atoms with Gasteiger partial charge in [-0.3, -0.25) is 0 Å². The van der Waals surface area contributed by atoms with Crippen molar-refractivity contribution in [3.05, 3.63) is 0 Å². The molecule has 0 aromatic rings. The van der Waals surface area contributed by atoms with Crippen LogP contribution in [0.1, 0.15) is 25.7 Å². The number of hydrogen-bond donors (Lipinski definition) is 0. The maximum atomic E-state index is 12.2. The Bertz CT molecular complexity index is 292. The van der Waals surface area contributed by atoms with Gasteiger partial charge in [0.1, 0.15) is 0 Å². The molecule has 7 heteroatoms. The largest absolute Gasteiger partial charge is 0.321 e. The van der Waals surface area contributed by atoms with Gasteiger partial charge in [-0.1, -0.05) is 0 Å². The van der Waals surface area contributed by atoms with E-state index in [1.165, 1.54) is 0 Å². The van der Waals surface area contributed by atoms with Crippen LogP contribution in [0.4, 0.5) is 8.78 Å². The second kappa shape index (κ2) is 3.21. The van der Waals surface area contributed by atoms with Crippen molar-refractivity contribution in [1.29, 1.82) is 0 Å². The highest BCUT2D eigenvalue weighted by Crippen LogP contribution is 2.50. The molecule has 0 aliphatic heterocycles. The zero-order chi connectivity index (χ0) is 10.3. The van der Waals surface area contributed by atoms with Crippen LogP contribution in [0.2, 0.25) is 0 Å². The van der Waals surface area contributed by atoms with Crippen LogP contribution in [0.3, 0.4) is 0 Å². The third-order valence-electron chi connectivity index (χ3n) is 2.19. The van der Waals surface area contributed by atoms with Crippen LogP contribution < -0.4 is 0 Å². The number of rotatable bonds is 4. The van der Waals surface area contributed by atoms with E-state index in [1.54, 1.807) is 0 Å². The SMILES string of the molecule is O=S(=O)(Cl)C1(CCC(F)(F)Cl)CC1. The summed E-state index contributed by atoms with van der Waals surface area (Å²) in [6.07, 6.45) is -0.118. The van der Waals surface area contributed by atoms with Crippen LogP contribution in [-0.2, 0) is 9.05 Å². The zero-order valence-corrected chi connectivity index (χ0v) is 8.89. The van der Waals surface area contributed by atoms with Gasteiger partial charge in [0.25, 0.3) is 0 Å². The monoisotopic (exact) mass is 252 g/mol. The molecular formula is C6H8Cl2F2O2S. The third kappa shape index (κ3) is 2.92. The van der Waals surface area contributed by atoms with Crippen molar-refractivity contribution in [3.63, 3.8) is 0 Å². The van der Waals surface area contributed by atoms with Gasteiger partial charge in [0, 0.05) is 17.1 Å². The zero-order valence-electron chi connectivity index (χ0n) is 6.57. The fourth-order valence-corrected chi connectivity index (χ4v) is 2.85. The Morgan fingerprint density at radius 3 is 2.08 bits per heavy atom. The van der Waals surface area contributed by atoms with Gasteiger partial charge in [-0.05, 0) is 30.9 Å². The maximum absolute atomic E-state index is 12.2. The molecule has 0 heterocycles. The Hall–Kier alpha value is 0.390. The molecule has 78 valence electrons. The second-order valence-corrected chi connectivity index (χ2v) is 6.75. The standard InChI is InChI=1S/C6H8Cl2F2O2S/c7-6(9,10)4-3-5(1-2-5)13(8,11)12/h1-4H2. The molecule has 1 rings (SSSR count). The lowest BCUT2D eigenvalue weighted by atomic mass is 10.2. The molecule has 0 aromatic carbocycles. The van der Waals surface area contributed by atoms with E-state index in [4.69, 9.17) is 10.7 Å². The topological polar surface area (TPSA) is 34.1 Å². The summed E-state index contributed by atoms with van der Waals surface area (Å²) < 4.78 is 45.1.